The Bertz CT molecular complexity index is 281. The summed E-state index contributed by atoms with van der Waals surface area (Å²) in [4.78, 5) is 26.6. The Morgan fingerprint density at radius 2 is 1.53 bits per heavy atom. The van der Waals surface area contributed by atoms with E-state index in [1.54, 1.807) is 0 Å². The molecule has 0 aromatic carbocycles. The van der Waals surface area contributed by atoms with Crippen molar-refractivity contribution in [1.82, 2.24) is 4.90 Å². The third-order valence-corrected chi connectivity index (χ3v) is 2.29. The van der Waals surface area contributed by atoms with Crippen LogP contribution in [0, 0.1) is 11.8 Å². The van der Waals surface area contributed by atoms with Crippen LogP contribution in [-0.4, -0.2) is 45.4 Å². The van der Waals surface area contributed by atoms with E-state index < -0.39 is 23.8 Å². The van der Waals surface area contributed by atoms with E-state index in [9.17, 15) is 9.59 Å². The molecule has 0 saturated heterocycles. The van der Waals surface area contributed by atoms with Gasteiger partial charge in [-0.2, -0.15) is 0 Å². The lowest BCUT2D eigenvalue weighted by Gasteiger charge is -2.27. The first-order valence-electron chi connectivity index (χ1n) is 5.00. The second kappa shape index (κ2) is 6.74. The Morgan fingerprint density at radius 3 is 1.76 bits per heavy atom. The standard InChI is InChI=1S/C10H17NO6/c1-6(9(12)13)4-11(8(3)17-16)5-7(2)10(14)15/h6-7,16H,3-5H2,1-2H3,(H,12,13)(H,14,15). The van der Waals surface area contributed by atoms with Crippen LogP contribution >= 0.6 is 0 Å². The SMILES string of the molecule is C=C(OO)N(CC(C)C(=O)O)CC(C)C(=O)O. The molecular formula is C10H17NO6. The van der Waals surface area contributed by atoms with Crippen molar-refractivity contribution in [3.8, 4) is 0 Å². The number of hydrogen-bond donors (Lipinski definition) is 3. The predicted octanol–water partition coefficient (Wildman–Crippen LogP) is 0.691. The fourth-order valence-corrected chi connectivity index (χ4v) is 1.15. The van der Waals surface area contributed by atoms with E-state index in [0.29, 0.717) is 0 Å². The van der Waals surface area contributed by atoms with Crippen LogP contribution in [0.1, 0.15) is 13.8 Å². The van der Waals surface area contributed by atoms with Crippen LogP contribution in [-0.2, 0) is 14.5 Å². The van der Waals surface area contributed by atoms with E-state index in [1.807, 2.05) is 0 Å². The lowest BCUT2D eigenvalue weighted by atomic mass is 10.1. The maximum absolute atomic E-state index is 10.7. The fourth-order valence-electron chi connectivity index (χ4n) is 1.15. The molecule has 0 heterocycles. The Balaban J connectivity index is 4.60. The highest BCUT2D eigenvalue weighted by Crippen LogP contribution is 2.11. The number of hydrogen-bond acceptors (Lipinski definition) is 5. The van der Waals surface area contributed by atoms with E-state index in [-0.39, 0.29) is 19.0 Å². The van der Waals surface area contributed by atoms with Gasteiger partial charge in [-0.1, -0.05) is 13.8 Å². The molecule has 0 rings (SSSR count). The highest BCUT2D eigenvalue weighted by atomic mass is 17.1. The second-order valence-corrected chi connectivity index (χ2v) is 3.87. The minimum atomic E-state index is -1.02. The maximum atomic E-state index is 10.7. The Morgan fingerprint density at radius 1 is 1.18 bits per heavy atom. The molecule has 0 aliphatic rings. The summed E-state index contributed by atoms with van der Waals surface area (Å²) in [7, 11) is 0. The number of carbonyl (C=O) groups is 2. The van der Waals surface area contributed by atoms with Crippen LogP contribution in [0.4, 0.5) is 0 Å². The van der Waals surface area contributed by atoms with Crippen molar-refractivity contribution in [2.24, 2.45) is 11.8 Å². The topological polar surface area (TPSA) is 107 Å². The fraction of sp³-hybridized carbons (Fsp3) is 0.600. The minimum absolute atomic E-state index is 0.00630. The van der Waals surface area contributed by atoms with Crippen molar-refractivity contribution in [1.29, 1.82) is 0 Å². The van der Waals surface area contributed by atoms with Gasteiger partial charge in [-0.3, -0.25) is 9.59 Å². The van der Waals surface area contributed by atoms with Crippen molar-refractivity contribution in [3.05, 3.63) is 12.5 Å². The smallest absolute Gasteiger partial charge is 0.308 e. The highest BCUT2D eigenvalue weighted by Gasteiger charge is 2.22. The summed E-state index contributed by atoms with van der Waals surface area (Å²) in [5.74, 6) is -3.69. The Kier molecular flexibility index (Phi) is 6.05. The van der Waals surface area contributed by atoms with Gasteiger partial charge in [-0.25, -0.2) is 5.26 Å². The van der Waals surface area contributed by atoms with E-state index in [1.165, 1.54) is 18.7 Å². The Hall–Kier alpha value is -1.76. The van der Waals surface area contributed by atoms with E-state index in [2.05, 4.69) is 11.5 Å². The lowest BCUT2D eigenvalue weighted by molar-refractivity contribution is -0.225. The average molecular weight is 247 g/mol. The van der Waals surface area contributed by atoms with Crippen LogP contribution < -0.4 is 0 Å². The first kappa shape index (κ1) is 15.2. The van der Waals surface area contributed by atoms with Crippen LogP contribution in [0.2, 0.25) is 0 Å². The highest BCUT2D eigenvalue weighted by molar-refractivity contribution is 5.70. The molecule has 0 aliphatic heterocycles. The number of aliphatic carboxylic acids is 2. The van der Waals surface area contributed by atoms with E-state index in [4.69, 9.17) is 15.5 Å². The van der Waals surface area contributed by atoms with Crippen LogP contribution in [0.15, 0.2) is 12.5 Å². The summed E-state index contributed by atoms with van der Waals surface area (Å²) in [5, 5.41) is 26.0. The zero-order valence-corrected chi connectivity index (χ0v) is 9.79. The zero-order valence-electron chi connectivity index (χ0n) is 9.79. The van der Waals surface area contributed by atoms with Gasteiger partial charge in [0.05, 0.1) is 11.8 Å². The van der Waals surface area contributed by atoms with Crippen molar-refractivity contribution in [2.45, 2.75) is 13.8 Å². The molecule has 0 spiro atoms. The molecule has 98 valence electrons. The number of carboxylic acid groups (broad SMARTS) is 2. The molecule has 0 saturated carbocycles. The predicted molar refractivity (Wildman–Crippen MR) is 58.0 cm³/mol. The first-order valence-corrected chi connectivity index (χ1v) is 5.00. The number of nitrogens with zero attached hydrogens (tertiary/aromatic N) is 1. The third-order valence-electron chi connectivity index (χ3n) is 2.29. The molecule has 0 aliphatic carbocycles. The number of rotatable bonds is 8. The minimum Gasteiger partial charge on any atom is -0.481 e. The van der Waals surface area contributed by atoms with E-state index >= 15 is 0 Å². The van der Waals surface area contributed by atoms with Crippen molar-refractivity contribution in [2.75, 3.05) is 13.1 Å². The van der Waals surface area contributed by atoms with Gasteiger partial charge in [-0.05, 0) is 6.58 Å². The van der Waals surface area contributed by atoms with Gasteiger partial charge >= 0.3 is 11.9 Å². The summed E-state index contributed by atoms with van der Waals surface area (Å²) in [6, 6.07) is 0. The van der Waals surface area contributed by atoms with Crippen molar-refractivity contribution < 1.29 is 29.9 Å². The molecule has 0 aromatic heterocycles. The quantitative estimate of drug-likeness (QED) is 0.329. The summed E-state index contributed by atoms with van der Waals surface area (Å²) in [6.45, 7) is 6.31. The van der Waals surface area contributed by atoms with Crippen molar-refractivity contribution in [3.63, 3.8) is 0 Å². The van der Waals surface area contributed by atoms with Crippen LogP contribution in [0.25, 0.3) is 0 Å². The molecular weight excluding hydrogens is 230 g/mol. The molecule has 0 aromatic rings. The molecule has 0 radical (unpaired) electrons. The third kappa shape index (κ3) is 5.21. The normalized spacial score (nSPS) is 13.6. The molecule has 0 fully saturated rings. The molecule has 7 nitrogen and oxygen atoms in total. The molecule has 2 unspecified atom stereocenters. The largest absolute Gasteiger partial charge is 0.481 e. The number of carboxylic acids is 2. The summed E-state index contributed by atoms with van der Waals surface area (Å²) in [6.07, 6.45) is 0. The second-order valence-electron chi connectivity index (χ2n) is 3.87. The van der Waals surface area contributed by atoms with Gasteiger partial charge in [0.1, 0.15) is 0 Å². The van der Waals surface area contributed by atoms with Gasteiger partial charge < -0.3 is 20.0 Å². The lowest BCUT2D eigenvalue weighted by Crippen LogP contribution is -2.36. The summed E-state index contributed by atoms with van der Waals surface area (Å²) >= 11 is 0. The molecule has 7 heteroatoms. The van der Waals surface area contributed by atoms with Gasteiger partial charge in [0.2, 0.25) is 5.88 Å². The summed E-state index contributed by atoms with van der Waals surface area (Å²) in [5.41, 5.74) is 0. The average Bonchev–Trinajstić information content (AvgIpc) is 2.26. The van der Waals surface area contributed by atoms with Crippen molar-refractivity contribution >= 4 is 11.9 Å². The van der Waals surface area contributed by atoms with Crippen LogP contribution in [0.3, 0.4) is 0 Å². The van der Waals surface area contributed by atoms with Gasteiger partial charge in [0.15, 0.2) is 0 Å². The summed E-state index contributed by atoms with van der Waals surface area (Å²) < 4.78 is 0. The van der Waals surface area contributed by atoms with Crippen LogP contribution in [0.5, 0.6) is 0 Å². The maximum Gasteiger partial charge on any atom is 0.308 e. The van der Waals surface area contributed by atoms with Gasteiger partial charge in [-0.15, -0.1) is 0 Å². The molecule has 0 amide bonds. The van der Waals surface area contributed by atoms with E-state index in [0.717, 1.165) is 0 Å². The molecule has 17 heavy (non-hydrogen) atoms. The van der Waals surface area contributed by atoms with Gasteiger partial charge in [0.25, 0.3) is 0 Å². The first-order chi connectivity index (χ1) is 7.79. The monoisotopic (exact) mass is 247 g/mol. The Labute approximate surface area is 98.8 Å². The molecule has 0 bridgehead atoms. The van der Waals surface area contributed by atoms with Gasteiger partial charge in [0, 0.05) is 13.1 Å². The molecule has 3 N–H and O–H groups in total. The molecule has 2 atom stereocenters. The zero-order chi connectivity index (χ0) is 13.6.